The van der Waals surface area contributed by atoms with E-state index in [1.165, 1.54) is 12.1 Å². The Bertz CT molecular complexity index is 721. The first-order chi connectivity index (χ1) is 11.5. The molecule has 0 aliphatic carbocycles. The average Bonchev–Trinajstić information content (AvgIpc) is 2.95. The molecule has 128 valence electrons. The van der Waals surface area contributed by atoms with Crippen LogP contribution in [0.5, 0.6) is 0 Å². The first kappa shape index (κ1) is 16.6. The van der Waals surface area contributed by atoms with Crippen LogP contribution in [0.15, 0.2) is 30.5 Å². The SMILES string of the molecule is Cc1nn(-c2ccc(F)cc2)cc1CNC(=O)C1(N)CCOCC1. The van der Waals surface area contributed by atoms with Crippen molar-refractivity contribution in [2.75, 3.05) is 13.2 Å². The Labute approximate surface area is 139 Å². The molecule has 3 N–H and O–H groups in total. The van der Waals surface area contributed by atoms with Gasteiger partial charge in [-0.05, 0) is 44.0 Å². The number of benzene rings is 1. The van der Waals surface area contributed by atoms with Crippen LogP contribution in [0.25, 0.3) is 5.69 Å². The van der Waals surface area contributed by atoms with Gasteiger partial charge in [0.2, 0.25) is 5.91 Å². The second-order valence-corrected chi connectivity index (χ2v) is 6.11. The number of rotatable bonds is 4. The van der Waals surface area contributed by atoms with Crippen molar-refractivity contribution in [1.82, 2.24) is 15.1 Å². The van der Waals surface area contributed by atoms with Crippen molar-refractivity contribution in [3.63, 3.8) is 0 Å². The zero-order chi connectivity index (χ0) is 17.2. The molecule has 0 spiro atoms. The van der Waals surface area contributed by atoms with E-state index in [-0.39, 0.29) is 11.7 Å². The molecule has 3 rings (SSSR count). The number of aromatic nitrogens is 2. The van der Waals surface area contributed by atoms with Crippen LogP contribution in [0, 0.1) is 12.7 Å². The summed E-state index contributed by atoms with van der Waals surface area (Å²) in [6.07, 6.45) is 2.87. The van der Waals surface area contributed by atoms with E-state index in [4.69, 9.17) is 10.5 Å². The van der Waals surface area contributed by atoms with Gasteiger partial charge in [0.25, 0.3) is 0 Å². The molecular formula is C17H21FN4O2. The van der Waals surface area contributed by atoms with Crippen molar-refractivity contribution in [3.8, 4) is 5.69 Å². The molecule has 2 aromatic rings. The first-order valence-corrected chi connectivity index (χ1v) is 7.94. The first-order valence-electron chi connectivity index (χ1n) is 7.94. The molecule has 0 radical (unpaired) electrons. The highest BCUT2D eigenvalue weighted by molar-refractivity contribution is 5.86. The van der Waals surface area contributed by atoms with Gasteiger partial charge in [0.05, 0.1) is 16.9 Å². The van der Waals surface area contributed by atoms with Crippen molar-refractivity contribution < 1.29 is 13.9 Å². The average molecular weight is 332 g/mol. The highest BCUT2D eigenvalue weighted by Gasteiger charge is 2.35. The van der Waals surface area contributed by atoms with Crippen molar-refractivity contribution in [3.05, 3.63) is 47.5 Å². The predicted octanol–water partition coefficient (Wildman–Crippen LogP) is 1.44. The van der Waals surface area contributed by atoms with E-state index in [0.29, 0.717) is 32.6 Å². The molecular weight excluding hydrogens is 311 g/mol. The quantitative estimate of drug-likeness (QED) is 0.888. The molecule has 1 aromatic heterocycles. The number of nitrogens with one attached hydrogen (secondary N) is 1. The Hall–Kier alpha value is -2.25. The Balaban J connectivity index is 1.67. The molecule has 1 fully saturated rings. The summed E-state index contributed by atoms with van der Waals surface area (Å²) in [6, 6.07) is 6.08. The number of nitrogens with two attached hydrogens (primary N) is 1. The summed E-state index contributed by atoms with van der Waals surface area (Å²) < 4.78 is 19.9. The molecule has 7 heteroatoms. The van der Waals surface area contributed by atoms with Gasteiger partial charge < -0.3 is 15.8 Å². The van der Waals surface area contributed by atoms with Crippen LogP contribution >= 0.6 is 0 Å². The fraction of sp³-hybridized carbons (Fsp3) is 0.412. The van der Waals surface area contributed by atoms with E-state index in [1.807, 2.05) is 13.1 Å². The van der Waals surface area contributed by atoms with Gasteiger partial charge in [-0.15, -0.1) is 0 Å². The Kier molecular flexibility index (Phi) is 4.64. The zero-order valence-corrected chi connectivity index (χ0v) is 13.6. The molecule has 1 aromatic carbocycles. The molecule has 1 aliphatic heterocycles. The third kappa shape index (κ3) is 3.47. The molecule has 0 saturated carbocycles. The van der Waals surface area contributed by atoms with Crippen molar-refractivity contribution in [1.29, 1.82) is 0 Å². The van der Waals surface area contributed by atoms with Gasteiger partial charge in [0, 0.05) is 31.5 Å². The molecule has 1 saturated heterocycles. The Morgan fingerprint density at radius 2 is 2.04 bits per heavy atom. The summed E-state index contributed by atoms with van der Waals surface area (Å²) in [5.41, 5.74) is 7.76. The van der Waals surface area contributed by atoms with Crippen LogP contribution in [-0.4, -0.2) is 34.4 Å². The zero-order valence-electron chi connectivity index (χ0n) is 13.6. The molecule has 0 atom stereocenters. The predicted molar refractivity (Wildman–Crippen MR) is 87.1 cm³/mol. The minimum absolute atomic E-state index is 0.167. The summed E-state index contributed by atoms with van der Waals surface area (Å²) >= 11 is 0. The molecule has 0 bridgehead atoms. The Morgan fingerprint density at radius 3 is 2.71 bits per heavy atom. The molecule has 24 heavy (non-hydrogen) atoms. The second kappa shape index (κ2) is 6.70. The summed E-state index contributed by atoms with van der Waals surface area (Å²) in [4.78, 5) is 12.4. The lowest BCUT2D eigenvalue weighted by molar-refractivity contribution is -0.129. The van der Waals surface area contributed by atoms with Gasteiger partial charge >= 0.3 is 0 Å². The third-order valence-electron chi connectivity index (χ3n) is 4.37. The molecule has 0 unspecified atom stereocenters. The molecule has 1 amide bonds. The van der Waals surface area contributed by atoms with Gasteiger partial charge in [-0.1, -0.05) is 0 Å². The van der Waals surface area contributed by atoms with Crippen LogP contribution in [0.3, 0.4) is 0 Å². The fourth-order valence-electron chi connectivity index (χ4n) is 2.71. The van der Waals surface area contributed by atoms with Gasteiger partial charge in [-0.3, -0.25) is 4.79 Å². The number of ether oxygens (including phenoxy) is 1. The van der Waals surface area contributed by atoms with Gasteiger partial charge in [-0.25, -0.2) is 9.07 Å². The van der Waals surface area contributed by atoms with Gasteiger partial charge in [-0.2, -0.15) is 5.10 Å². The maximum Gasteiger partial charge on any atom is 0.240 e. The van der Waals surface area contributed by atoms with E-state index in [0.717, 1.165) is 16.9 Å². The molecule has 2 heterocycles. The number of hydrogen-bond donors (Lipinski definition) is 2. The number of halogens is 1. The molecule has 6 nitrogen and oxygen atoms in total. The van der Waals surface area contributed by atoms with E-state index in [2.05, 4.69) is 10.4 Å². The van der Waals surface area contributed by atoms with Crippen molar-refractivity contribution in [2.45, 2.75) is 31.8 Å². The van der Waals surface area contributed by atoms with Gasteiger partial charge in [0.1, 0.15) is 5.82 Å². The van der Waals surface area contributed by atoms with Crippen LogP contribution < -0.4 is 11.1 Å². The van der Waals surface area contributed by atoms with E-state index >= 15 is 0 Å². The summed E-state index contributed by atoms with van der Waals surface area (Å²) in [6.45, 7) is 3.23. The standard InChI is InChI=1S/C17H21FN4O2/c1-12-13(10-20-16(23)17(19)6-8-24-9-7-17)11-22(21-12)15-4-2-14(18)3-5-15/h2-5,11H,6-10,19H2,1H3,(H,20,23). The number of aryl methyl sites for hydroxylation is 1. The normalized spacial score (nSPS) is 16.8. The number of nitrogens with zero attached hydrogens (tertiary/aromatic N) is 2. The van der Waals surface area contributed by atoms with E-state index in [1.54, 1.807) is 16.8 Å². The van der Waals surface area contributed by atoms with Crippen LogP contribution in [0.4, 0.5) is 4.39 Å². The second-order valence-electron chi connectivity index (χ2n) is 6.11. The van der Waals surface area contributed by atoms with Crippen molar-refractivity contribution in [2.24, 2.45) is 5.73 Å². The minimum atomic E-state index is -0.862. The van der Waals surface area contributed by atoms with Gasteiger partial charge in [0.15, 0.2) is 0 Å². The van der Waals surface area contributed by atoms with Crippen LogP contribution in [0.2, 0.25) is 0 Å². The highest BCUT2D eigenvalue weighted by Crippen LogP contribution is 2.18. The summed E-state index contributed by atoms with van der Waals surface area (Å²) in [5, 5.41) is 7.30. The number of carbonyl (C=O) groups is 1. The largest absolute Gasteiger partial charge is 0.381 e. The lowest BCUT2D eigenvalue weighted by Gasteiger charge is -2.31. The third-order valence-corrected chi connectivity index (χ3v) is 4.37. The lowest BCUT2D eigenvalue weighted by atomic mass is 9.90. The minimum Gasteiger partial charge on any atom is -0.381 e. The maximum atomic E-state index is 13.0. The monoisotopic (exact) mass is 332 g/mol. The number of carbonyl (C=O) groups excluding carboxylic acids is 1. The highest BCUT2D eigenvalue weighted by atomic mass is 19.1. The molecule has 1 aliphatic rings. The fourth-order valence-corrected chi connectivity index (χ4v) is 2.71. The maximum absolute atomic E-state index is 13.0. The van der Waals surface area contributed by atoms with E-state index in [9.17, 15) is 9.18 Å². The topological polar surface area (TPSA) is 82.2 Å². The smallest absolute Gasteiger partial charge is 0.240 e. The van der Waals surface area contributed by atoms with Crippen molar-refractivity contribution >= 4 is 5.91 Å². The van der Waals surface area contributed by atoms with E-state index < -0.39 is 5.54 Å². The summed E-state index contributed by atoms with van der Waals surface area (Å²) in [7, 11) is 0. The van der Waals surface area contributed by atoms with Crippen LogP contribution in [0.1, 0.15) is 24.1 Å². The lowest BCUT2D eigenvalue weighted by Crippen LogP contribution is -2.56. The van der Waals surface area contributed by atoms with Crippen LogP contribution in [-0.2, 0) is 16.1 Å². The number of hydrogen-bond acceptors (Lipinski definition) is 4. The summed E-state index contributed by atoms with van der Waals surface area (Å²) in [5.74, 6) is -0.459. The number of amides is 1. The Morgan fingerprint density at radius 1 is 1.38 bits per heavy atom.